The summed E-state index contributed by atoms with van der Waals surface area (Å²) in [4.78, 5) is 30.2. The molecule has 1 aliphatic rings. The molecule has 0 aliphatic carbocycles. The van der Waals surface area contributed by atoms with Gasteiger partial charge in [0, 0.05) is 38.6 Å². The molecule has 0 radical (unpaired) electrons. The zero-order valence-corrected chi connectivity index (χ0v) is 14.5. The number of carboxylic acids is 1. The van der Waals surface area contributed by atoms with Crippen LogP contribution in [-0.2, 0) is 22.7 Å². The Morgan fingerprint density at radius 3 is 2.50 bits per heavy atom. The van der Waals surface area contributed by atoms with Gasteiger partial charge in [-0.15, -0.1) is 0 Å². The molecule has 0 bridgehead atoms. The number of hydrogen-bond acceptors (Lipinski definition) is 4. The second-order valence-electron chi connectivity index (χ2n) is 6.73. The first-order valence-electron chi connectivity index (χ1n) is 8.77. The fraction of sp³-hybridized carbons (Fsp3) is 0.350. The van der Waals surface area contributed by atoms with Crippen molar-refractivity contribution in [1.82, 2.24) is 15.2 Å². The van der Waals surface area contributed by atoms with Crippen molar-refractivity contribution in [3.8, 4) is 0 Å². The van der Waals surface area contributed by atoms with Crippen LogP contribution in [-0.4, -0.2) is 40.0 Å². The summed E-state index contributed by atoms with van der Waals surface area (Å²) in [5.41, 5.74) is 2.04. The molecular weight excluding hydrogens is 330 g/mol. The van der Waals surface area contributed by atoms with Crippen molar-refractivity contribution in [3.05, 3.63) is 66.0 Å². The Kier molecular flexibility index (Phi) is 5.96. The number of amides is 1. The van der Waals surface area contributed by atoms with Crippen molar-refractivity contribution in [2.75, 3.05) is 13.1 Å². The maximum Gasteiger partial charge on any atom is 0.307 e. The topological polar surface area (TPSA) is 82.5 Å². The molecule has 3 rings (SSSR count). The Labute approximate surface area is 152 Å². The summed E-state index contributed by atoms with van der Waals surface area (Å²) in [5, 5.41) is 12.4. The molecule has 2 N–H and O–H groups in total. The molecule has 6 nitrogen and oxygen atoms in total. The molecule has 1 saturated heterocycles. The van der Waals surface area contributed by atoms with Crippen LogP contribution in [0.4, 0.5) is 0 Å². The average Bonchev–Trinajstić information content (AvgIpc) is 2.67. The average molecular weight is 353 g/mol. The quantitative estimate of drug-likeness (QED) is 0.829. The molecule has 1 aromatic heterocycles. The molecule has 0 unspecified atom stereocenters. The van der Waals surface area contributed by atoms with Crippen LogP contribution in [0.3, 0.4) is 0 Å². The lowest BCUT2D eigenvalue weighted by molar-refractivity contribution is -0.145. The number of hydrogen-bond donors (Lipinski definition) is 2. The number of aromatic nitrogens is 1. The van der Waals surface area contributed by atoms with Gasteiger partial charge in [0.1, 0.15) is 0 Å². The van der Waals surface area contributed by atoms with Gasteiger partial charge in [-0.3, -0.25) is 19.5 Å². The third-order valence-electron chi connectivity index (χ3n) is 4.68. The largest absolute Gasteiger partial charge is 0.481 e. The Hall–Kier alpha value is -2.73. The Bertz CT molecular complexity index is 736. The summed E-state index contributed by atoms with van der Waals surface area (Å²) in [6.45, 7) is 2.09. The molecule has 1 amide bonds. The van der Waals surface area contributed by atoms with Crippen molar-refractivity contribution in [2.45, 2.75) is 19.5 Å². The zero-order valence-electron chi connectivity index (χ0n) is 14.5. The van der Waals surface area contributed by atoms with E-state index >= 15 is 0 Å². The third-order valence-corrected chi connectivity index (χ3v) is 4.68. The number of piperidine rings is 1. The number of pyridine rings is 1. The van der Waals surface area contributed by atoms with E-state index in [9.17, 15) is 14.7 Å². The SMILES string of the molecule is O=C(O)[C@H]1C[C@@H](C(=O)NCc2cccnc2)CN(Cc2ccccc2)C1. The van der Waals surface area contributed by atoms with Crippen LogP contribution in [0.5, 0.6) is 0 Å². The molecule has 26 heavy (non-hydrogen) atoms. The minimum Gasteiger partial charge on any atom is -0.481 e. The molecule has 6 heteroatoms. The molecule has 2 heterocycles. The van der Waals surface area contributed by atoms with Crippen LogP contribution in [0.15, 0.2) is 54.9 Å². The molecule has 2 aromatic rings. The van der Waals surface area contributed by atoms with Crippen LogP contribution < -0.4 is 5.32 Å². The number of carbonyl (C=O) groups excluding carboxylic acids is 1. The smallest absolute Gasteiger partial charge is 0.307 e. The number of carboxylic acid groups (broad SMARTS) is 1. The van der Waals surface area contributed by atoms with Gasteiger partial charge in [0.05, 0.1) is 11.8 Å². The second-order valence-corrected chi connectivity index (χ2v) is 6.73. The van der Waals surface area contributed by atoms with E-state index in [0.717, 1.165) is 11.1 Å². The van der Waals surface area contributed by atoms with E-state index in [1.165, 1.54) is 0 Å². The number of carbonyl (C=O) groups is 2. The molecule has 2 atom stereocenters. The van der Waals surface area contributed by atoms with Gasteiger partial charge < -0.3 is 10.4 Å². The van der Waals surface area contributed by atoms with Gasteiger partial charge in [0.25, 0.3) is 0 Å². The van der Waals surface area contributed by atoms with Crippen LogP contribution in [0.25, 0.3) is 0 Å². The Morgan fingerprint density at radius 2 is 1.81 bits per heavy atom. The van der Waals surface area contributed by atoms with E-state index in [4.69, 9.17) is 0 Å². The molecule has 0 spiro atoms. The number of benzene rings is 1. The number of nitrogens with zero attached hydrogens (tertiary/aromatic N) is 2. The first kappa shape index (κ1) is 18.1. The fourth-order valence-electron chi connectivity index (χ4n) is 3.37. The summed E-state index contributed by atoms with van der Waals surface area (Å²) in [7, 11) is 0. The highest BCUT2D eigenvalue weighted by Crippen LogP contribution is 2.24. The van der Waals surface area contributed by atoms with Crippen LogP contribution in [0, 0.1) is 11.8 Å². The first-order valence-corrected chi connectivity index (χ1v) is 8.77. The fourth-order valence-corrected chi connectivity index (χ4v) is 3.37. The van der Waals surface area contributed by atoms with Crippen LogP contribution in [0.2, 0.25) is 0 Å². The number of nitrogens with one attached hydrogen (secondary N) is 1. The van der Waals surface area contributed by atoms with Crippen molar-refractivity contribution >= 4 is 11.9 Å². The van der Waals surface area contributed by atoms with Crippen molar-refractivity contribution < 1.29 is 14.7 Å². The second kappa shape index (κ2) is 8.58. The molecule has 0 saturated carbocycles. The molecule has 1 aliphatic heterocycles. The molecule has 1 fully saturated rings. The van der Waals surface area contributed by atoms with Gasteiger partial charge in [0.15, 0.2) is 0 Å². The van der Waals surface area contributed by atoms with E-state index in [1.54, 1.807) is 12.4 Å². The van der Waals surface area contributed by atoms with Gasteiger partial charge in [-0.1, -0.05) is 36.4 Å². The van der Waals surface area contributed by atoms with Gasteiger partial charge in [-0.05, 0) is 23.6 Å². The predicted molar refractivity (Wildman–Crippen MR) is 97.0 cm³/mol. The Morgan fingerprint density at radius 1 is 1.08 bits per heavy atom. The van der Waals surface area contributed by atoms with Crippen molar-refractivity contribution in [2.24, 2.45) is 11.8 Å². The van der Waals surface area contributed by atoms with Gasteiger partial charge >= 0.3 is 5.97 Å². The minimum atomic E-state index is -0.840. The van der Waals surface area contributed by atoms with Crippen molar-refractivity contribution in [3.63, 3.8) is 0 Å². The zero-order chi connectivity index (χ0) is 18.4. The van der Waals surface area contributed by atoms with E-state index in [1.807, 2.05) is 42.5 Å². The number of likely N-dealkylation sites (tertiary alicyclic amines) is 1. The maximum absolute atomic E-state index is 12.6. The van der Waals surface area contributed by atoms with Crippen LogP contribution in [0.1, 0.15) is 17.5 Å². The summed E-state index contributed by atoms with van der Waals surface area (Å²) in [5.74, 6) is -1.79. The van der Waals surface area contributed by atoms with Gasteiger partial charge in [-0.25, -0.2) is 0 Å². The molecule has 1 aromatic carbocycles. The standard InChI is InChI=1S/C20H23N3O3/c24-19(22-11-16-7-4-8-21-10-16)17-9-18(20(25)26)14-23(13-17)12-15-5-2-1-3-6-15/h1-8,10,17-18H,9,11-14H2,(H,22,24)(H,25,26)/t17-,18+/m1/s1. The van der Waals surface area contributed by atoms with Crippen LogP contribution >= 0.6 is 0 Å². The normalized spacial score (nSPS) is 20.5. The summed E-state index contributed by atoms with van der Waals surface area (Å²) in [6.07, 6.45) is 3.77. The molecule has 136 valence electrons. The van der Waals surface area contributed by atoms with E-state index < -0.39 is 11.9 Å². The van der Waals surface area contributed by atoms with E-state index in [2.05, 4.69) is 15.2 Å². The number of aliphatic carboxylic acids is 1. The van der Waals surface area contributed by atoms with Crippen molar-refractivity contribution in [1.29, 1.82) is 0 Å². The lowest BCUT2D eigenvalue weighted by Crippen LogP contribution is -2.47. The number of rotatable bonds is 6. The van der Waals surface area contributed by atoms with Gasteiger partial charge in [0.2, 0.25) is 5.91 Å². The van der Waals surface area contributed by atoms with Gasteiger partial charge in [-0.2, -0.15) is 0 Å². The first-order chi connectivity index (χ1) is 12.6. The lowest BCUT2D eigenvalue weighted by Gasteiger charge is -2.35. The third kappa shape index (κ3) is 4.89. The highest BCUT2D eigenvalue weighted by molar-refractivity contribution is 5.80. The Balaban J connectivity index is 1.63. The minimum absolute atomic E-state index is 0.0992. The predicted octanol–water partition coefficient (Wildman–Crippen LogP) is 1.92. The summed E-state index contributed by atoms with van der Waals surface area (Å²) >= 11 is 0. The monoisotopic (exact) mass is 353 g/mol. The highest BCUT2D eigenvalue weighted by atomic mass is 16.4. The summed E-state index contributed by atoms with van der Waals surface area (Å²) < 4.78 is 0. The maximum atomic E-state index is 12.6. The summed E-state index contributed by atoms with van der Waals surface area (Å²) in [6, 6.07) is 13.6. The lowest BCUT2D eigenvalue weighted by atomic mass is 9.88. The van der Waals surface area contributed by atoms with E-state index in [-0.39, 0.29) is 11.8 Å². The van der Waals surface area contributed by atoms with E-state index in [0.29, 0.717) is 32.6 Å². The molecular formula is C20H23N3O3. The highest BCUT2D eigenvalue weighted by Gasteiger charge is 2.34.